The minimum atomic E-state index is -0.0758. The Morgan fingerprint density at radius 2 is 1.70 bits per heavy atom. The number of hydrogen-bond donors (Lipinski definition) is 1. The Labute approximate surface area is 162 Å². The van der Waals surface area contributed by atoms with Crippen LogP contribution in [0.1, 0.15) is 10.4 Å². The lowest BCUT2D eigenvalue weighted by atomic mass is 10.1. The molecule has 0 saturated heterocycles. The number of carbonyl (C=O) groups is 1. The Morgan fingerprint density at radius 1 is 0.963 bits per heavy atom. The van der Waals surface area contributed by atoms with Crippen LogP contribution >= 0.6 is 11.8 Å². The monoisotopic (exact) mass is 377 g/mol. The lowest BCUT2D eigenvalue weighted by molar-refractivity contribution is 0.0994. The molecule has 0 unspecified atom stereocenters. The minimum Gasteiger partial charge on any atom is -0.327 e. The fraction of sp³-hybridized carbons (Fsp3) is 0.150. The molecule has 0 saturated carbocycles. The van der Waals surface area contributed by atoms with Crippen LogP contribution in [-0.2, 0) is 0 Å². The van der Waals surface area contributed by atoms with Crippen molar-refractivity contribution in [2.75, 3.05) is 35.5 Å². The summed E-state index contributed by atoms with van der Waals surface area (Å²) in [6.07, 6.45) is 3.73. The first-order valence-corrected chi connectivity index (χ1v) is 9.70. The normalized spacial score (nSPS) is 13.1. The Balaban J connectivity index is 1.73. The molecule has 0 fully saturated rings. The average Bonchev–Trinajstić information content (AvgIpc) is 2.79. The van der Waals surface area contributed by atoms with E-state index in [0.717, 1.165) is 11.4 Å². The molecule has 4 rings (SSSR count). The van der Waals surface area contributed by atoms with Crippen LogP contribution in [0.4, 0.5) is 28.8 Å². The van der Waals surface area contributed by atoms with Crippen molar-refractivity contribution in [1.29, 1.82) is 0 Å². The number of rotatable bonds is 3. The summed E-state index contributed by atoms with van der Waals surface area (Å²) in [7, 11) is 3.66. The van der Waals surface area contributed by atoms with Crippen molar-refractivity contribution in [2.45, 2.75) is 4.90 Å². The van der Waals surface area contributed by atoms with Gasteiger partial charge in [-0.3, -0.25) is 4.79 Å². The lowest BCUT2D eigenvalue weighted by Crippen LogP contribution is -2.25. The second kappa shape index (κ2) is 6.92. The van der Waals surface area contributed by atoms with Crippen LogP contribution in [0.25, 0.3) is 0 Å². The van der Waals surface area contributed by atoms with Gasteiger partial charge in [-0.15, -0.1) is 11.8 Å². The van der Waals surface area contributed by atoms with E-state index in [1.165, 1.54) is 4.90 Å². The third-order valence-corrected chi connectivity index (χ3v) is 5.32. The van der Waals surface area contributed by atoms with Crippen LogP contribution in [0.5, 0.6) is 0 Å². The topological polar surface area (TPSA) is 61.4 Å². The molecule has 0 bridgehead atoms. The van der Waals surface area contributed by atoms with Crippen molar-refractivity contribution in [3.63, 3.8) is 0 Å². The maximum absolute atomic E-state index is 12.8. The zero-order chi connectivity index (χ0) is 19.0. The molecule has 2 aromatic carbocycles. The number of amides is 1. The molecule has 2 heterocycles. The second-order valence-corrected chi connectivity index (χ2v) is 7.08. The van der Waals surface area contributed by atoms with Gasteiger partial charge in [0.1, 0.15) is 5.69 Å². The van der Waals surface area contributed by atoms with E-state index < -0.39 is 0 Å². The molecule has 7 heteroatoms. The van der Waals surface area contributed by atoms with E-state index in [0.29, 0.717) is 23.0 Å². The largest absolute Gasteiger partial charge is 0.327 e. The fourth-order valence-electron chi connectivity index (χ4n) is 3.06. The number of anilines is 5. The molecule has 1 aromatic heterocycles. The number of nitrogens with zero attached hydrogens (tertiary/aromatic N) is 4. The smallest absolute Gasteiger partial charge is 0.260 e. The number of benzene rings is 2. The molecule has 0 spiro atoms. The van der Waals surface area contributed by atoms with Crippen molar-refractivity contribution < 1.29 is 4.79 Å². The maximum Gasteiger partial charge on any atom is 0.260 e. The van der Waals surface area contributed by atoms with Crippen LogP contribution in [0.3, 0.4) is 0 Å². The predicted octanol–water partition coefficient (Wildman–Crippen LogP) is 4.30. The van der Waals surface area contributed by atoms with E-state index in [1.807, 2.05) is 66.7 Å². The van der Waals surface area contributed by atoms with Gasteiger partial charge in [0, 0.05) is 24.7 Å². The number of hydrogen-bond acceptors (Lipinski definition) is 6. The van der Waals surface area contributed by atoms with E-state index in [2.05, 4.69) is 15.3 Å². The zero-order valence-electron chi connectivity index (χ0n) is 15.3. The summed E-state index contributed by atoms with van der Waals surface area (Å²) < 4.78 is 0. The summed E-state index contributed by atoms with van der Waals surface area (Å²) in [5, 5.41) is 3.23. The first-order valence-electron chi connectivity index (χ1n) is 8.47. The van der Waals surface area contributed by atoms with Gasteiger partial charge in [0.15, 0.2) is 5.82 Å². The van der Waals surface area contributed by atoms with Gasteiger partial charge < -0.3 is 15.1 Å². The molecule has 27 heavy (non-hydrogen) atoms. The Kier molecular flexibility index (Phi) is 4.45. The second-order valence-electron chi connectivity index (χ2n) is 6.20. The third-order valence-electron chi connectivity index (χ3n) is 4.58. The molecule has 0 atom stereocenters. The van der Waals surface area contributed by atoms with Crippen molar-refractivity contribution >= 4 is 46.5 Å². The molecule has 0 aliphatic carbocycles. The molecular formula is C20H19N5OS. The van der Waals surface area contributed by atoms with Gasteiger partial charge in [0.25, 0.3) is 5.91 Å². The number of thioether (sulfide) groups is 1. The molecule has 1 aliphatic rings. The van der Waals surface area contributed by atoms with E-state index in [-0.39, 0.29) is 5.91 Å². The van der Waals surface area contributed by atoms with Gasteiger partial charge in [-0.1, -0.05) is 12.1 Å². The highest BCUT2D eigenvalue weighted by atomic mass is 32.2. The van der Waals surface area contributed by atoms with E-state index in [9.17, 15) is 4.79 Å². The summed E-state index contributed by atoms with van der Waals surface area (Å²) in [6, 6.07) is 15.6. The van der Waals surface area contributed by atoms with Crippen molar-refractivity contribution in [2.24, 2.45) is 0 Å². The number of aromatic nitrogens is 2. The summed E-state index contributed by atoms with van der Waals surface area (Å²) in [5.74, 6) is 1.08. The van der Waals surface area contributed by atoms with Crippen molar-refractivity contribution in [1.82, 2.24) is 9.97 Å². The average molecular weight is 377 g/mol. The van der Waals surface area contributed by atoms with Crippen molar-refractivity contribution in [3.8, 4) is 0 Å². The zero-order valence-corrected chi connectivity index (χ0v) is 16.1. The lowest BCUT2D eigenvalue weighted by Gasteiger charge is -2.21. The number of para-hydroxylation sites is 1. The molecule has 1 N–H and O–H groups in total. The number of fused-ring (bicyclic) bond motifs is 2. The van der Waals surface area contributed by atoms with Gasteiger partial charge in [-0.05, 0) is 42.7 Å². The molecular weight excluding hydrogens is 358 g/mol. The fourth-order valence-corrected chi connectivity index (χ4v) is 3.47. The quantitative estimate of drug-likeness (QED) is 0.687. The molecule has 1 amide bonds. The van der Waals surface area contributed by atoms with E-state index >= 15 is 0 Å². The van der Waals surface area contributed by atoms with Gasteiger partial charge in [-0.25, -0.2) is 4.98 Å². The highest BCUT2D eigenvalue weighted by molar-refractivity contribution is 7.98. The van der Waals surface area contributed by atoms with Crippen LogP contribution in [0, 0.1) is 0 Å². The Morgan fingerprint density at radius 3 is 2.44 bits per heavy atom. The van der Waals surface area contributed by atoms with Gasteiger partial charge in [0.05, 0.1) is 17.4 Å². The first-order chi connectivity index (χ1) is 13.1. The van der Waals surface area contributed by atoms with Gasteiger partial charge >= 0.3 is 0 Å². The molecule has 3 aromatic rings. The third kappa shape index (κ3) is 3.10. The minimum absolute atomic E-state index is 0.0758. The van der Waals surface area contributed by atoms with Gasteiger partial charge in [-0.2, -0.15) is 4.98 Å². The molecule has 1 aliphatic heterocycles. The van der Waals surface area contributed by atoms with Crippen molar-refractivity contribution in [3.05, 3.63) is 60.3 Å². The summed E-state index contributed by atoms with van der Waals surface area (Å²) in [6.45, 7) is 0. The SMILES string of the molecule is CSc1ccc(Nc2ncc3c(n2)N(C)c2ccccc2C(=O)N3C)cc1. The van der Waals surface area contributed by atoms with E-state index in [1.54, 1.807) is 29.9 Å². The molecule has 136 valence electrons. The molecule has 0 radical (unpaired) electrons. The summed E-state index contributed by atoms with van der Waals surface area (Å²) >= 11 is 1.70. The predicted molar refractivity (Wildman–Crippen MR) is 111 cm³/mol. The van der Waals surface area contributed by atoms with Gasteiger partial charge in [0.2, 0.25) is 5.95 Å². The Hall–Kier alpha value is -3.06. The number of carbonyl (C=O) groups excluding carboxylic acids is 1. The molecule has 6 nitrogen and oxygen atoms in total. The van der Waals surface area contributed by atoms with Crippen LogP contribution in [0.2, 0.25) is 0 Å². The summed E-state index contributed by atoms with van der Waals surface area (Å²) in [5.41, 5.74) is 3.04. The highest BCUT2D eigenvalue weighted by Gasteiger charge is 2.28. The first kappa shape index (κ1) is 17.4. The Bertz CT molecular complexity index is 1010. The highest BCUT2D eigenvalue weighted by Crippen LogP contribution is 2.37. The van der Waals surface area contributed by atoms with E-state index in [4.69, 9.17) is 0 Å². The maximum atomic E-state index is 12.8. The van der Waals surface area contributed by atoms with Crippen LogP contribution in [-0.4, -0.2) is 36.2 Å². The van der Waals surface area contributed by atoms with Crippen LogP contribution < -0.4 is 15.1 Å². The number of nitrogens with one attached hydrogen (secondary N) is 1. The van der Waals surface area contributed by atoms with Crippen LogP contribution in [0.15, 0.2) is 59.6 Å². The summed E-state index contributed by atoms with van der Waals surface area (Å²) in [4.78, 5) is 26.6. The standard InChI is InChI=1S/C20H19N5OS/c1-24-16-7-5-4-6-15(16)19(26)25(2)17-12-21-20(23-18(17)24)22-13-8-10-14(27-3)11-9-13/h4-12H,1-3H3,(H,21,22,23).